The molecule has 0 spiro atoms. The topological polar surface area (TPSA) is 55.8 Å². The van der Waals surface area contributed by atoms with Crippen LogP contribution in [0, 0.1) is 5.92 Å². The van der Waals surface area contributed by atoms with Gasteiger partial charge in [-0.2, -0.15) is 0 Å². The summed E-state index contributed by atoms with van der Waals surface area (Å²) in [5, 5.41) is 8.57. The molecule has 0 amide bonds. The molecule has 0 radical (unpaired) electrons. The fraction of sp³-hybridized carbons (Fsp3) is 0.308. The van der Waals surface area contributed by atoms with Crippen LogP contribution in [0.3, 0.4) is 0 Å². The Morgan fingerprint density at radius 3 is 3.12 bits per heavy atom. The Bertz CT molecular complexity index is 451. The molecule has 90 valence electrons. The molecule has 17 heavy (non-hydrogen) atoms. The maximum atomic E-state index is 10.4. The van der Waals surface area contributed by atoms with E-state index in [1.165, 1.54) is 6.08 Å². The van der Waals surface area contributed by atoms with E-state index in [0.717, 1.165) is 23.5 Å². The number of hydrogen-bond acceptors (Lipinski definition) is 3. The maximum absolute atomic E-state index is 10.4. The maximum Gasteiger partial charge on any atom is 0.327 e. The van der Waals surface area contributed by atoms with Gasteiger partial charge in [0.1, 0.15) is 11.5 Å². The minimum Gasteiger partial charge on any atom is -0.497 e. The molecule has 0 aromatic heterocycles. The normalized spacial score (nSPS) is 18.5. The SMILES string of the molecule is COc1ccc2c(c1)CC(/C=C/C(=O)O)CO2. The minimum absolute atomic E-state index is 0.103. The number of benzene rings is 1. The van der Waals surface area contributed by atoms with Gasteiger partial charge in [-0.3, -0.25) is 0 Å². The van der Waals surface area contributed by atoms with Crippen molar-refractivity contribution in [1.29, 1.82) is 0 Å². The number of carboxylic acid groups (broad SMARTS) is 1. The van der Waals surface area contributed by atoms with Crippen molar-refractivity contribution >= 4 is 5.97 Å². The highest BCUT2D eigenvalue weighted by atomic mass is 16.5. The van der Waals surface area contributed by atoms with Gasteiger partial charge in [-0.05, 0) is 30.2 Å². The van der Waals surface area contributed by atoms with Crippen LogP contribution in [0.25, 0.3) is 0 Å². The Morgan fingerprint density at radius 2 is 2.41 bits per heavy atom. The molecular formula is C13H14O4. The molecule has 1 heterocycles. The first-order chi connectivity index (χ1) is 8.19. The van der Waals surface area contributed by atoms with E-state index in [-0.39, 0.29) is 5.92 Å². The highest BCUT2D eigenvalue weighted by Gasteiger charge is 2.18. The molecular weight excluding hydrogens is 220 g/mol. The second-order valence-electron chi connectivity index (χ2n) is 3.95. The molecule has 1 aromatic rings. The molecule has 0 aliphatic carbocycles. The number of aliphatic carboxylic acids is 1. The fourth-order valence-corrected chi connectivity index (χ4v) is 1.86. The summed E-state index contributed by atoms with van der Waals surface area (Å²) in [6.45, 7) is 0.517. The zero-order valence-electron chi connectivity index (χ0n) is 9.55. The number of methoxy groups -OCH3 is 1. The molecule has 1 aliphatic rings. The van der Waals surface area contributed by atoms with Crippen molar-refractivity contribution in [2.45, 2.75) is 6.42 Å². The highest BCUT2D eigenvalue weighted by Crippen LogP contribution is 2.30. The number of carboxylic acids is 1. The summed E-state index contributed by atoms with van der Waals surface area (Å²) in [6.07, 6.45) is 3.61. The Labute approximate surface area is 99.5 Å². The van der Waals surface area contributed by atoms with Crippen molar-refractivity contribution in [1.82, 2.24) is 0 Å². The third-order valence-electron chi connectivity index (χ3n) is 2.71. The Kier molecular flexibility index (Phi) is 3.32. The average Bonchev–Trinajstić information content (AvgIpc) is 2.35. The van der Waals surface area contributed by atoms with E-state index in [1.807, 2.05) is 18.2 Å². The summed E-state index contributed by atoms with van der Waals surface area (Å²) in [4.78, 5) is 10.4. The highest BCUT2D eigenvalue weighted by molar-refractivity contribution is 5.79. The van der Waals surface area contributed by atoms with Gasteiger partial charge >= 0.3 is 5.97 Å². The molecule has 0 saturated heterocycles. The Balaban J connectivity index is 2.14. The zero-order chi connectivity index (χ0) is 12.3. The van der Waals surface area contributed by atoms with E-state index in [9.17, 15) is 4.79 Å². The van der Waals surface area contributed by atoms with Crippen LogP contribution >= 0.6 is 0 Å². The van der Waals surface area contributed by atoms with Crippen LogP contribution in [0.5, 0.6) is 11.5 Å². The molecule has 1 unspecified atom stereocenters. The van der Waals surface area contributed by atoms with Crippen LogP contribution in [0.2, 0.25) is 0 Å². The predicted octanol–water partition coefficient (Wildman–Crippen LogP) is 1.89. The summed E-state index contributed by atoms with van der Waals surface area (Å²) < 4.78 is 10.7. The lowest BCUT2D eigenvalue weighted by molar-refractivity contribution is -0.131. The van der Waals surface area contributed by atoms with Crippen molar-refractivity contribution in [3.63, 3.8) is 0 Å². The van der Waals surface area contributed by atoms with Crippen LogP contribution < -0.4 is 9.47 Å². The Hall–Kier alpha value is -1.97. The number of rotatable bonds is 3. The van der Waals surface area contributed by atoms with Crippen LogP contribution in [0.4, 0.5) is 0 Å². The van der Waals surface area contributed by atoms with Crippen molar-refractivity contribution < 1.29 is 19.4 Å². The van der Waals surface area contributed by atoms with Gasteiger partial charge in [0.2, 0.25) is 0 Å². The quantitative estimate of drug-likeness (QED) is 0.811. The molecule has 4 nitrogen and oxygen atoms in total. The van der Waals surface area contributed by atoms with Crippen LogP contribution in [-0.2, 0) is 11.2 Å². The van der Waals surface area contributed by atoms with Gasteiger partial charge in [0.05, 0.1) is 13.7 Å². The fourth-order valence-electron chi connectivity index (χ4n) is 1.86. The van der Waals surface area contributed by atoms with E-state index >= 15 is 0 Å². The lowest BCUT2D eigenvalue weighted by Crippen LogP contribution is -2.19. The number of hydrogen-bond donors (Lipinski definition) is 1. The van der Waals surface area contributed by atoms with E-state index in [1.54, 1.807) is 13.2 Å². The first-order valence-electron chi connectivity index (χ1n) is 5.40. The smallest absolute Gasteiger partial charge is 0.327 e. The van der Waals surface area contributed by atoms with Gasteiger partial charge in [-0.1, -0.05) is 6.08 Å². The van der Waals surface area contributed by atoms with Crippen molar-refractivity contribution in [2.24, 2.45) is 5.92 Å². The molecule has 0 bridgehead atoms. The molecule has 0 fully saturated rings. The van der Waals surface area contributed by atoms with Crippen molar-refractivity contribution in [3.8, 4) is 11.5 Å². The summed E-state index contributed by atoms with van der Waals surface area (Å²) in [5.41, 5.74) is 1.05. The zero-order valence-corrected chi connectivity index (χ0v) is 9.55. The molecule has 0 saturated carbocycles. The van der Waals surface area contributed by atoms with Crippen LogP contribution in [0.1, 0.15) is 5.56 Å². The summed E-state index contributed by atoms with van der Waals surface area (Å²) in [7, 11) is 1.62. The average molecular weight is 234 g/mol. The largest absolute Gasteiger partial charge is 0.497 e. The molecule has 1 aromatic carbocycles. The van der Waals surface area contributed by atoms with Gasteiger partial charge < -0.3 is 14.6 Å². The monoisotopic (exact) mass is 234 g/mol. The first-order valence-corrected chi connectivity index (χ1v) is 5.40. The molecule has 4 heteroatoms. The van der Waals surface area contributed by atoms with Crippen molar-refractivity contribution in [3.05, 3.63) is 35.9 Å². The van der Waals surface area contributed by atoms with Crippen LogP contribution in [-0.4, -0.2) is 24.8 Å². The summed E-state index contributed by atoms with van der Waals surface area (Å²) in [6, 6.07) is 5.66. The number of fused-ring (bicyclic) bond motifs is 1. The van der Waals surface area contributed by atoms with Gasteiger partial charge in [-0.25, -0.2) is 4.79 Å². The number of carbonyl (C=O) groups is 1. The van der Waals surface area contributed by atoms with Gasteiger partial charge in [0.15, 0.2) is 0 Å². The van der Waals surface area contributed by atoms with Crippen LogP contribution in [0.15, 0.2) is 30.4 Å². The van der Waals surface area contributed by atoms with Gasteiger partial charge in [-0.15, -0.1) is 0 Å². The summed E-state index contributed by atoms with van der Waals surface area (Å²) >= 11 is 0. The minimum atomic E-state index is -0.929. The summed E-state index contributed by atoms with van der Waals surface area (Å²) in [5.74, 6) is 0.813. The molecule has 1 atom stereocenters. The van der Waals surface area contributed by atoms with E-state index in [0.29, 0.717) is 6.61 Å². The van der Waals surface area contributed by atoms with E-state index in [2.05, 4.69) is 0 Å². The van der Waals surface area contributed by atoms with Gasteiger partial charge in [0, 0.05) is 12.0 Å². The van der Waals surface area contributed by atoms with Gasteiger partial charge in [0.25, 0.3) is 0 Å². The third-order valence-corrected chi connectivity index (χ3v) is 2.71. The lowest BCUT2D eigenvalue weighted by atomic mass is 9.96. The second-order valence-corrected chi connectivity index (χ2v) is 3.95. The standard InChI is InChI=1S/C13H14O4/c1-16-11-3-4-12-10(7-11)6-9(8-17-12)2-5-13(14)15/h2-5,7,9H,6,8H2,1H3,(H,14,15)/b5-2+. The Morgan fingerprint density at radius 1 is 1.59 bits per heavy atom. The molecule has 2 rings (SSSR count). The molecule has 1 aliphatic heterocycles. The first kappa shape index (κ1) is 11.5. The number of ether oxygens (including phenoxy) is 2. The molecule has 1 N–H and O–H groups in total. The second kappa shape index (κ2) is 4.91. The van der Waals surface area contributed by atoms with E-state index < -0.39 is 5.97 Å². The third kappa shape index (κ3) is 2.78. The lowest BCUT2D eigenvalue weighted by Gasteiger charge is -2.23. The van der Waals surface area contributed by atoms with E-state index in [4.69, 9.17) is 14.6 Å². The van der Waals surface area contributed by atoms with Crippen molar-refractivity contribution in [2.75, 3.05) is 13.7 Å². The predicted molar refractivity (Wildman–Crippen MR) is 62.5 cm³/mol.